The first-order valence-corrected chi connectivity index (χ1v) is 6.89. The van der Waals surface area contributed by atoms with Crippen LogP contribution in [0.4, 0.5) is 0 Å². The van der Waals surface area contributed by atoms with Crippen LogP contribution in [0.15, 0.2) is 73.3 Å². The van der Waals surface area contributed by atoms with Crippen molar-refractivity contribution in [2.45, 2.75) is 5.41 Å². The van der Waals surface area contributed by atoms with Crippen LogP contribution in [0.3, 0.4) is 0 Å². The summed E-state index contributed by atoms with van der Waals surface area (Å²) in [6.45, 7) is 4.69. The Balaban J connectivity index is 2.57. The topological polar surface area (TPSA) is 9.23 Å². The molecule has 0 fully saturated rings. The van der Waals surface area contributed by atoms with Gasteiger partial charge in [-0.1, -0.05) is 66.7 Å². The number of rotatable bonds is 5. The largest absolute Gasteiger partial charge is 0.426 e. The molecule has 0 atom stereocenters. The molecule has 0 N–H and O–H groups in total. The third kappa shape index (κ3) is 2.30. The van der Waals surface area contributed by atoms with Crippen LogP contribution in [-0.4, -0.2) is 17.1 Å². The molecule has 0 amide bonds. The summed E-state index contributed by atoms with van der Waals surface area (Å²) in [5, 5.41) is 0. The maximum Gasteiger partial charge on any atom is 0.146 e. The summed E-state index contributed by atoms with van der Waals surface area (Å²) in [6, 6.07) is 20.8. The first kappa shape index (κ1) is 12.8. The van der Waals surface area contributed by atoms with E-state index in [2.05, 4.69) is 55.1 Å². The van der Waals surface area contributed by atoms with E-state index in [0.29, 0.717) is 6.61 Å². The second-order valence-electron chi connectivity index (χ2n) is 4.34. The Bertz CT molecular complexity index is 454. The molecule has 0 heterocycles. The van der Waals surface area contributed by atoms with Crippen molar-refractivity contribution >= 4 is 10.5 Å². The Labute approximate surface area is 112 Å². The van der Waals surface area contributed by atoms with Crippen molar-refractivity contribution in [2.24, 2.45) is 0 Å². The zero-order chi connectivity index (χ0) is 12.8. The van der Waals surface area contributed by atoms with Crippen molar-refractivity contribution in [3.8, 4) is 0 Å². The van der Waals surface area contributed by atoms with Gasteiger partial charge in [-0.2, -0.15) is 0 Å². The third-order valence-corrected chi connectivity index (χ3v) is 3.59. The fourth-order valence-corrected chi connectivity index (χ4v) is 2.78. The van der Waals surface area contributed by atoms with E-state index in [1.807, 2.05) is 18.2 Å². The summed E-state index contributed by atoms with van der Waals surface area (Å²) in [5.41, 5.74) is 2.20. The quantitative estimate of drug-likeness (QED) is 0.588. The molecular weight excluding hydrogens is 236 g/mol. The van der Waals surface area contributed by atoms with E-state index >= 15 is 0 Å². The Morgan fingerprint density at radius 2 is 1.39 bits per heavy atom. The van der Waals surface area contributed by atoms with Crippen LogP contribution in [0.1, 0.15) is 11.1 Å². The molecule has 0 aromatic heterocycles. The lowest BCUT2D eigenvalue weighted by atomic mass is 9.75. The van der Waals surface area contributed by atoms with E-state index in [1.165, 1.54) is 11.1 Å². The maximum atomic E-state index is 5.57. The van der Waals surface area contributed by atoms with E-state index in [4.69, 9.17) is 4.43 Å². The highest BCUT2D eigenvalue weighted by molar-refractivity contribution is 5.98. The lowest BCUT2D eigenvalue weighted by molar-refractivity contribution is 0.294. The standard InChI is InChI=1S/C16H18OSi/c1-2-16(13-17-18,14-9-5-3-6-10-14)15-11-7-4-8-12-15/h2-12H,1,13H2,18H3. The minimum atomic E-state index is -0.246. The van der Waals surface area contributed by atoms with E-state index < -0.39 is 0 Å². The monoisotopic (exact) mass is 254 g/mol. The predicted molar refractivity (Wildman–Crippen MR) is 79.8 cm³/mol. The molecule has 0 aliphatic carbocycles. The molecule has 0 unspecified atom stereocenters. The molecular formula is C16H18OSi. The van der Waals surface area contributed by atoms with Crippen molar-refractivity contribution in [2.75, 3.05) is 6.61 Å². The van der Waals surface area contributed by atoms with Gasteiger partial charge in [0.2, 0.25) is 0 Å². The van der Waals surface area contributed by atoms with Gasteiger partial charge in [-0.05, 0) is 11.1 Å². The van der Waals surface area contributed by atoms with E-state index in [9.17, 15) is 0 Å². The molecule has 2 aromatic rings. The van der Waals surface area contributed by atoms with Gasteiger partial charge < -0.3 is 4.43 Å². The van der Waals surface area contributed by atoms with E-state index in [0.717, 1.165) is 10.5 Å². The van der Waals surface area contributed by atoms with Gasteiger partial charge in [-0.25, -0.2) is 0 Å². The Morgan fingerprint density at radius 1 is 0.944 bits per heavy atom. The Kier molecular flexibility index (Phi) is 4.13. The molecule has 0 saturated carbocycles. The van der Waals surface area contributed by atoms with Gasteiger partial charge in [0, 0.05) is 6.61 Å². The summed E-state index contributed by atoms with van der Waals surface area (Å²) in [5.74, 6) is 0. The van der Waals surface area contributed by atoms with Crippen LogP contribution >= 0.6 is 0 Å². The molecule has 0 radical (unpaired) electrons. The maximum absolute atomic E-state index is 5.57. The number of benzene rings is 2. The second kappa shape index (κ2) is 5.80. The molecule has 0 bridgehead atoms. The molecule has 0 saturated heterocycles. The predicted octanol–water partition coefficient (Wildman–Crippen LogP) is 2.46. The second-order valence-corrected chi connectivity index (χ2v) is 4.92. The zero-order valence-electron chi connectivity index (χ0n) is 10.7. The number of hydrogen-bond donors (Lipinski definition) is 0. The first-order chi connectivity index (χ1) is 8.83. The van der Waals surface area contributed by atoms with Crippen LogP contribution in [0, 0.1) is 0 Å². The van der Waals surface area contributed by atoms with Crippen LogP contribution in [-0.2, 0) is 9.84 Å². The zero-order valence-corrected chi connectivity index (χ0v) is 12.7. The summed E-state index contributed by atoms with van der Waals surface area (Å²) in [6.07, 6.45) is 2.00. The Hall–Kier alpha value is -1.64. The highest BCUT2D eigenvalue weighted by Crippen LogP contribution is 2.33. The first-order valence-electron chi connectivity index (χ1n) is 6.07. The SMILES string of the molecule is C=CC(CO[SiH3])(c1ccccc1)c1ccccc1. The van der Waals surface area contributed by atoms with E-state index in [-0.39, 0.29) is 5.41 Å². The lowest BCUT2D eigenvalue weighted by Crippen LogP contribution is -2.30. The Morgan fingerprint density at radius 3 is 1.72 bits per heavy atom. The minimum Gasteiger partial charge on any atom is -0.426 e. The molecule has 2 heteroatoms. The van der Waals surface area contributed by atoms with Crippen molar-refractivity contribution in [3.63, 3.8) is 0 Å². The summed E-state index contributed by atoms with van der Waals surface area (Å²) in [7, 11) is 0.729. The van der Waals surface area contributed by atoms with Gasteiger partial charge in [0.15, 0.2) is 0 Å². The average Bonchev–Trinajstić information content (AvgIpc) is 2.47. The van der Waals surface area contributed by atoms with Crippen molar-refractivity contribution in [1.82, 2.24) is 0 Å². The van der Waals surface area contributed by atoms with Gasteiger partial charge in [-0.3, -0.25) is 0 Å². The molecule has 92 valence electrons. The molecule has 2 aromatic carbocycles. The molecule has 1 nitrogen and oxygen atoms in total. The highest BCUT2D eigenvalue weighted by Gasteiger charge is 2.30. The molecule has 0 spiro atoms. The smallest absolute Gasteiger partial charge is 0.146 e. The van der Waals surface area contributed by atoms with Crippen molar-refractivity contribution in [1.29, 1.82) is 0 Å². The minimum absolute atomic E-state index is 0.246. The van der Waals surface area contributed by atoms with Gasteiger partial charge in [0.25, 0.3) is 0 Å². The van der Waals surface area contributed by atoms with E-state index in [1.54, 1.807) is 0 Å². The van der Waals surface area contributed by atoms with Crippen molar-refractivity contribution in [3.05, 3.63) is 84.4 Å². The molecule has 0 aliphatic rings. The van der Waals surface area contributed by atoms with Crippen LogP contribution < -0.4 is 0 Å². The normalized spacial score (nSPS) is 11.3. The molecule has 0 aliphatic heterocycles. The summed E-state index contributed by atoms with van der Waals surface area (Å²) in [4.78, 5) is 0. The highest BCUT2D eigenvalue weighted by atomic mass is 28.2. The average molecular weight is 254 g/mol. The fourth-order valence-electron chi connectivity index (χ4n) is 2.33. The third-order valence-electron chi connectivity index (χ3n) is 3.30. The van der Waals surface area contributed by atoms with Gasteiger partial charge in [0.05, 0.1) is 5.41 Å². The van der Waals surface area contributed by atoms with Crippen molar-refractivity contribution < 1.29 is 4.43 Å². The van der Waals surface area contributed by atoms with Crippen LogP contribution in [0.5, 0.6) is 0 Å². The molecule has 18 heavy (non-hydrogen) atoms. The van der Waals surface area contributed by atoms with Gasteiger partial charge in [-0.15, -0.1) is 6.58 Å². The van der Waals surface area contributed by atoms with Crippen LogP contribution in [0.25, 0.3) is 0 Å². The van der Waals surface area contributed by atoms with Gasteiger partial charge >= 0.3 is 0 Å². The molecule has 2 rings (SSSR count). The summed E-state index contributed by atoms with van der Waals surface area (Å²) >= 11 is 0. The fraction of sp³-hybridized carbons (Fsp3) is 0.125. The van der Waals surface area contributed by atoms with Crippen LogP contribution in [0.2, 0.25) is 0 Å². The lowest BCUT2D eigenvalue weighted by Gasteiger charge is -2.31. The van der Waals surface area contributed by atoms with Gasteiger partial charge in [0.1, 0.15) is 10.5 Å². The number of hydrogen-bond acceptors (Lipinski definition) is 1. The summed E-state index contributed by atoms with van der Waals surface area (Å²) < 4.78 is 5.57.